The third-order valence-corrected chi connectivity index (χ3v) is 5.61. The first kappa shape index (κ1) is 16.0. The summed E-state index contributed by atoms with van der Waals surface area (Å²) in [5, 5.41) is 5.22. The van der Waals surface area contributed by atoms with Crippen LogP contribution in [0.5, 0.6) is 0 Å². The lowest BCUT2D eigenvalue weighted by Gasteiger charge is -2.02. The molecule has 0 amide bonds. The number of fused-ring (bicyclic) bond motifs is 3. The molecule has 0 saturated heterocycles. The highest BCUT2D eigenvalue weighted by Gasteiger charge is 2.16. The lowest BCUT2D eigenvalue weighted by molar-refractivity contribution is 0.606. The zero-order chi connectivity index (χ0) is 17.6. The van der Waals surface area contributed by atoms with Crippen molar-refractivity contribution in [2.45, 2.75) is 40.2 Å². The number of hydrogen-bond donors (Lipinski definition) is 0. The maximum Gasteiger partial charge on any atom is 0.285 e. The summed E-state index contributed by atoms with van der Waals surface area (Å²) < 4.78 is 3.87. The Kier molecular flexibility index (Phi) is 3.92. The third-order valence-electron chi connectivity index (χ3n) is 4.46. The standard InChI is InChI=1S/C19H20N4OS/c1-4-9-22-11-15-17(21-22)23-13(3)16(25-19(23)20-18(15)24)10-14-7-5-12(2)6-8-14/h5-8,11H,4,9-10H2,1-3H3. The minimum Gasteiger partial charge on any atom is -0.271 e. The molecule has 0 unspecified atom stereocenters. The monoisotopic (exact) mass is 352 g/mol. The van der Waals surface area contributed by atoms with Gasteiger partial charge in [0.15, 0.2) is 10.6 Å². The van der Waals surface area contributed by atoms with E-state index in [2.05, 4.69) is 55.1 Å². The van der Waals surface area contributed by atoms with Crippen LogP contribution in [0.4, 0.5) is 0 Å². The molecule has 0 spiro atoms. The highest BCUT2D eigenvalue weighted by molar-refractivity contribution is 7.17. The number of benzene rings is 1. The van der Waals surface area contributed by atoms with Gasteiger partial charge in [-0.3, -0.25) is 13.9 Å². The van der Waals surface area contributed by atoms with E-state index in [9.17, 15) is 4.79 Å². The van der Waals surface area contributed by atoms with Gasteiger partial charge in [0.05, 0.1) is 0 Å². The molecule has 4 rings (SSSR count). The summed E-state index contributed by atoms with van der Waals surface area (Å²) in [5.41, 5.74) is 4.15. The first-order chi connectivity index (χ1) is 12.1. The topological polar surface area (TPSA) is 52.2 Å². The van der Waals surface area contributed by atoms with Crippen molar-refractivity contribution < 1.29 is 0 Å². The van der Waals surface area contributed by atoms with E-state index in [1.165, 1.54) is 16.0 Å². The third kappa shape index (κ3) is 2.76. The molecule has 0 radical (unpaired) electrons. The summed E-state index contributed by atoms with van der Waals surface area (Å²) in [6, 6.07) is 8.57. The number of aryl methyl sites for hydroxylation is 3. The molecule has 6 heteroatoms. The fourth-order valence-corrected chi connectivity index (χ4v) is 4.23. The van der Waals surface area contributed by atoms with E-state index < -0.39 is 0 Å². The van der Waals surface area contributed by atoms with Gasteiger partial charge in [0.2, 0.25) is 0 Å². The molecule has 0 aliphatic heterocycles. The van der Waals surface area contributed by atoms with Crippen molar-refractivity contribution >= 4 is 27.3 Å². The van der Waals surface area contributed by atoms with Crippen molar-refractivity contribution in [1.82, 2.24) is 19.2 Å². The van der Waals surface area contributed by atoms with Gasteiger partial charge in [0.25, 0.3) is 5.56 Å². The summed E-state index contributed by atoms with van der Waals surface area (Å²) in [6.07, 6.45) is 3.63. The SMILES string of the molecule is CCCn1cc2c(=O)nc3sc(Cc4ccc(C)cc4)c(C)n3c2n1. The van der Waals surface area contributed by atoms with E-state index in [1.807, 2.05) is 15.3 Å². The van der Waals surface area contributed by atoms with Gasteiger partial charge in [-0.25, -0.2) is 0 Å². The molecular formula is C19H20N4OS. The first-order valence-corrected chi connectivity index (χ1v) is 9.32. The van der Waals surface area contributed by atoms with E-state index >= 15 is 0 Å². The Morgan fingerprint density at radius 2 is 1.92 bits per heavy atom. The number of nitrogens with zero attached hydrogens (tertiary/aromatic N) is 4. The second-order valence-electron chi connectivity index (χ2n) is 6.44. The quantitative estimate of drug-likeness (QED) is 0.562. The van der Waals surface area contributed by atoms with E-state index in [4.69, 9.17) is 0 Å². The number of hydrogen-bond acceptors (Lipinski definition) is 4. The molecule has 5 nitrogen and oxygen atoms in total. The van der Waals surface area contributed by atoms with Crippen LogP contribution < -0.4 is 5.56 Å². The van der Waals surface area contributed by atoms with Crippen LogP contribution in [0.15, 0.2) is 35.3 Å². The molecule has 3 aromatic heterocycles. The van der Waals surface area contributed by atoms with Crippen molar-refractivity contribution in [2.75, 3.05) is 0 Å². The second kappa shape index (κ2) is 6.11. The largest absolute Gasteiger partial charge is 0.285 e. The van der Waals surface area contributed by atoms with Crippen molar-refractivity contribution in [3.63, 3.8) is 0 Å². The maximum atomic E-state index is 12.4. The van der Waals surface area contributed by atoms with Gasteiger partial charge in [-0.1, -0.05) is 36.8 Å². The molecule has 0 N–H and O–H groups in total. The summed E-state index contributed by atoms with van der Waals surface area (Å²) >= 11 is 1.58. The number of aromatic nitrogens is 4. The van der Waals surface area contributed by atoms with E-state index in [0.717, 1.165) is 30.0 Å². The van der Waals surface area contributed by atoms with Crippen LogP contribution >= 0.6 is 11.3 Å². The van der Waals surface area contributed by atoms with E-state index in [1.54, 1.807) is 11.3 Å². The van der Waals surface area contributed by atoms with Gasteiger partial charge >= 0.3 is 0 Å². The molecule has 128 valence electrons. The number of rotatable bonds is 4. The molecule has 0 saturated carbocycles. The number of thiazole rings is 1. The molecule has 1 aromatic carbocycles. The highest BCUT2D eigenvalue weighted by Crippen LogP contribution is 2.26. The molecule has 0 atom stereocenters. The second-order valence-corrected chi connectivity index (χ2v) is 7.50. The zero-order valence-electron chi connectivity index (χ0n) is 14.6. The van der Waals surface area contributed by atoms with Crippen molar-refractivity contribution in [3.8, 4) is 0 Å². The van der Waals surface area contributed by atoms with Crippen LogP contribution in [0, 0.1) is 13.8 Å². The fourth-order valence-electron chi connectivity index (χ4n) is 3.09. The Labute approximate surface area is 149 Å². The minimum absolute atomic E-state index is 0.194. The summed E-state index contributed by atoms with van der Waals surface area (Å²) in [4.78, 5) is 18.6. The van der Waals surface area contributed by atoms with Crippen LogP contribution in [0.25, 0.3) is 16.0 Å². The fraction of sp³-hybridized carbons (Fsp3) is 0.316. The van der Waals surface area contributed by atoms with Gasteiger partial charge in [-0.05, 0) is 25.8 Å². The van der Waals surface area contributed by atoms with Crippen LogP contribution in [0.3, 0.4) is 0 Å². The molecule has 3 heterocycles. The van der Waals surface area contributed by atoms with E-state index in [0.29, 0.717) is 11.0 Å². The predicted molar refractivity (Wildman–Crippen MR) is 102 cm³/mol. The summed E-state index contributed by atoms with van der Waals surface area (Å²) in [7, 11) is 0. The molecular weight excluding hydrogens is 332 g/mol. The molecule has 4 aromatic rings. The van der Waals surface area contributed by atoms with Crippen molar-refractivity contribution in [3.05, 3.63) is 62.5 Å². The Morgan fingerprint density at radius 1 is 1.16 bits per heavy atom. The van der Waals surface area contributed by atoms with Crippen LogP contribution in [0.2, 0.25) is 0 Å². The van der Waals surface area contributed by atoms with Crippen molar-refractivity contribution in [1.29, 1.82) is 0 Å². The van der Waals surface area contributed by atoms with Crippen LogP contribution in [0.1, 0.15) is 35.0 Å². The lowest BCUT2D eigenvalue weighted by Crippen LogP contribution is -2.08. The van der Waals surface area contributed by atoms with Gasteiger partial charge in [0, 0.05) is 29.7 Å². The molecule has 0 aliphatic rings. The Bertz CT molecular complexity index is 1120. The smallest absolute Gasteiger partial charge is 0.271 e. The van der Waals surface area contributed by atoms with Crippen LogP contribution in [-0.4, -0.2) is 19.2 Å². The Hall–Kier alpha value is -2.47. The van der Waals surface area contributed by atoms with Gasteiger partial charge in [-0.2, -0.15) is 10.1 Å². The van der Waals surface area contributed by atoms with E-state index in [-0.39, 0.29) is 5.56 Å². The predicted octanol–water partition coefficient (Wildman–Crippen LogP) is 3.72. The molecule has 0 bridgehead atoms. The van der Waals surface area contributed by atoms with Gasteiger partial charge in [0.1, 0.15) is 5.39 Å². The Morgan fingerprint density at radius 3 is 2.64 bits per heavy atom. The van der Waals surface area contributed by atoms with Gasteiger partial charge in [-0.15, -0.1) is 11.3 Å². The molecule has 25 heavy (non-hydrogen) atoms. The maximum absolute atomic E-state index is 12.4. The molecule has 0 aliphatic carbocycles. The summed E-state index contributed by atoms with van der Waals surface area (Å²) in [6.45, 7) is 7.07. The average Bonchev–Trinajstić information content (AvgIpc) is 3.12. The normalized spacial score (nSPS) is 11.6. The van der Waals surface area contributed by atoms with Crippen LogP contribution in [-0.2, 0) is 13.0 Å². The Balaban J connectivity index is 1.87. The first-order valence-electron chi connectivity index (χ1n) is 8.50. The molecule has 0 fully saturated rings. The van der Waals surface area contributed by atoms with Gasteiger partial charge < -0.3 is 0 Å². The summed E-state index contributed by atoms with van der Waals surface area (Å²) in [5.74, 6) is 0. The lowest BCUT2D eigenvalue weighted by atomic mass is 10.1. The average molecular weight is 352 g/mol. The van der Waals surface area contributed by atoms with Crippen molar-refractivity contribution in [2.24, 2.45) is 0 Å². The minimum atomic E-state index is -0.194. The highest BCUT2D eigenvalue weighted by atomic mass is 32.1. The zero-order valence-corrected chi connectivity index (χ0v) is 15.4.